The first-order chi connectivity index (χ1) is 17.8. The molecule has 5 nitrogen and oxygen atoms in total. The van der Waals surface area contributed by atoms with Crippen molar-refractivity contribution < 1.29 is 14.0 Å². The summed E-state index contributed by atoms with van der Waals surface area (Å²) in [6, 6.07) is 14.4. The van der Waals surface area contributed by atoms with Crippen LogP contribution in [0.25, 0.3) is 16.5 Å². The minimum absolute atomic E-state index is 0.0212. The average molecular weight is 531 g/mol. The van der Waals surface area contributed by atoms with Crippen molar-refractivity contribution in [3.63, 3.8) is 0 Å². The molecule has 2 aromatic carbocycles. The highest BCUT2D eigenvalue weighted by Crippen LogP contribution is 2.41. The Balaban J connectivity index is 1.56. The molecule has 1 saturated carbocycles. The third-order valence-corrected chi connectivity index (χ3v) is 12.0. The molecule has 2 fully saturated rings. The summed E-state index contributed by atoms with van der Waals surface area (Å²) in [5.74, 6) is 0.653. The van der Waals surface area contributed by atoms with Crippen molar-refractivity contribution >= 4 is 32.2 Å². The summed E-state index contributed by atoms with van der Waals surface area (Å²) >= 11 is 0. The SMILES string of the molecule is C[Si](COCc1c(B2OC(C)(C)C(C)(C)O2)cccc1-n1ccc2cc(C3CC3)ccc2c1=O)C(C)(C)C. The molecule has 0 atom stereocenters. The first-order valence-corrected chi connectivity index (χ1v) is 16.0. The zero-order valence-electron chi connectivity index (χ0n) is 24.2. The minimum atomic E-state index is -0.715. The molecular formula is C31H41BNO4Si. The van der Waals surface area contributed by atoms with E-state index in [2.05, 4.69) is 73.2 Å². The van der Waals surface area contributed by atoms with Crippen LogP contribution in [0.1, 0.15) is 78.4 Å². The van der Waals surface area contributed by atoms with Gasteiger partial charge in [-0.3, -0.25) is 9.36 Å². The average Bonchev–Trinajstić information content (AvgIpc) is 3.65. The molecule has 38 heavy (non-hydrogen) atoms. The lowest BCUT2D eigenvalue weighted by Crippen LogP contribution is -2.41. The molecule has 0 amide bonds. The van der Waals surface area contributed by atoms with Crippen LogP contribution in [0.2, 0.25) is 11.6 Å². The van der Waals surface area contributed by atoms with Crippen molar-refractivity contribution in [2.45, 2.75) is 96.6 Å². The highest BCUT2D eigenvalue weighted by molar-refractivity contribution is 6.62. The van der Waals surface area contributed by atoms with Gasteiger partial charge in [-0.1, -0.05) is 51.6 Å². The second-order valence-electron chi connectivity index (χ2n) is 13.1. The van der Waals surface area contributed by atoms with Crippen molar-refractivity contribution in [2.24, 2.45) is 0 Å². The lowest BCUT2D eigenvalue weighted by atomic mass is 9.75. The van der Waals surface area contributed by atoms with E-state index in [9.17, 15) is 4.79 Å². The number of pyridine rings is 1. The molecule has 5 rings (SSSR count). The minimum Gasteiger partial charge on any atom is -0.399 e. The standard InChI is InChI=1S/C31H41BNO4Si/c1-29(2,3)38(8)20-35-19-25-26(32-36-30(4,5)31(6,7)37-32)10-9-11-27(25)33-17-16-23-18-22(21-12-13-21)14-15-24(23)28(33)34/h9-11,14-18,21H,12-13,19-20H2,1-8H3. The van der Waals surface area contributed by atoms with Crippen molar-refractivity contribution in [3.8, 4) is 5.69 Å². The van der Waals surface area contributed by atoms with E-state index >= 15 is 0 Å². The maximum absolute atomic E-state index is 13.8. The van der Waals surface area contributed by atoms with E-state index in [1.165, 1.54) is 18.4 Å². The molecule has 0 bridgehead atoms. The van der Waals surface area contributed by atoms with Crippen LogP contribution in [0.15, 0.2) is 53.5 Å². The Morgan fingerprint density at radius 2 is 1.74 bits per heavy atom. The van der Waals surface area contributed by atoms with Crippen molar-refractivity contribution in [2.75, 3.05) is 6.23 Å². The smallest absolute Gasteiger partial charge is 0.399 e. The predicted molar refractivity (Wildman–Crippen MR) is 158 cm³/mol. The fourth-order valence-electron chi connectivity index (χ4n) is 4.81. The maximum atomic E-state index is 13.8. The Labute approximate surface area is 229 Å². The molecule has 0 unspecified atom stereocenters. The number of ether oxygens (including phenoxy) is 1. The fourth-order valence-corrected chi connectivity index (χ4v) is 5.66. The molecule has 1 radical (unpaired) electrons. The van der Waals surface area contributed by atoms with Gasteiger partial charge in [0.05, 0.1) is 32.3 Å². The molecule has 201 valence electrons. The summed E-state index contributed by atoms with van der Waals surface area (Å²) in [5, 5.41) is 1.98. The van der Waals surface area contributed by atoms with E-state index in [1.54, 1.807) is 4.57 Å². The number of benzene rings is 2. The van der Waals surface area contributed by atoms with Gasteiger partial charge < -0.3 is 14.0 Å². The Kier molecular flexibility index (Phi) is 7.04. The largest absolute Gasteiger partial charge is 0.495 e. The summed E-state index contributed by atoms with van der Waals surface area (Å²) in [6.07, 6.45) is 5.11. The number of hydrogen-bond donors (Lipinski definition) is 0. The van der Waals surface area contributed by atoms with Gasteiger partial charge in [0.1, 0.15) is 0 Å². The summed E-state index contributed by atoms with van der Waals surface area (Å²) in [7, 11) is -1.25. The zero-order chi connectivity index (χ0) is 27.5. The van der Waals surface area contributed by atoms with Crippen molar-refractivity contribution in [1.29, 1.82) is 0 Å². The van der Waals surface area contributed by atoms with E-state index < -0.39 is 27.1 Å². The maximum Gasteiger partial charge on any atom is 0.495 e. The van der Waals surface area contributed by atoms with E-state index in [4.69, 9.17) is 14.0 Å². The summed E-state index contributed by atoms with van der Waals surface area (Å²) in [6.45, 7) is 17.8. The Morgan fingerprint density at radius 1 is 1.05 bits per heavy atom. The van der Waals surface area contributed by atoms with E-state index in [0.29, 0.717) is 12.5 Å². The topological polar surface area (TPSA) is 49.7 Å². The van der Waals surface area contributed by atoms with E-state index in [-0.39, 0.29) is 10.6 Å². The van der Waals surface area contributed by atoms with Gasteiger partial charge in [0, 0.05) is 23.4 Å². The van der Waals surface area contributed by atoms with Gasteiger partial charge >= 0.3 is 7.12 Å². The van der Waals surface area contributed by atoms with Gasteiger partial charge in [-0.2, -0.15) is 0 Å². The van der Waals surface area contributed by atoms with Gasteiger partial charge in [0.2, 0.25) is 0 Å². The number of aromatic nitrogens is 1. The third-order valence-electron chi connectivity index (χ3n) is 8.78. The second-order valence-corrected chi connectivity index (χ2v) is 16.4. The first-order valence-electron chi connectivity index (χ1n) is 13.8. The highest BCUT2D eigenvalue weighted by Gasteiger charge is 2.52. The van der Waals surface area contributed by atoms with Crippen LogP contribution >= 0.6 is 0 Å². The lowest BCUT2D eigenvalue weighted by Gasteiger charge is -2.32. The Bertz CT molecular complexity index is 1390. The monoisotopic (exact) mass is 530 g/mol. The molecule has 1 aromatic heterocycles. The molecular weight excluding hydrogens is 489 g/mol. The predicted octanol–water partition coefficient (Wildman–Crippen LogP) is 6.15. The van der Waals surface area contributed by atoms with Crippen LogP contribution in [-0.2, 0) is 20.7 Å². The molecule has 2 heterocycles. The van der Waals surface area contributed by atoms with Gasteiger partial charge in [0.15, 0.2) is 0 Å². The molecule has 0 spiro atoms. The van der Waals surface area contributed by atoms with Gasteiger partial charge in [-0.05, 0) is 86.1 Å². The fraction of sp³-hybridized carbons (Fsp3) is 0.516. The first kappa shape index (κ1) is 27.4. The third kappa shape index (κ3) is 5.18. The number of fused-ring (bicyclic) bond motifs is 1. The summed E-state index contributed by atoms with van der Waals surface area (Å²) in [5.41, 5.74) is 3.06. The molecule has 0 N–H and O–H groups in total. The van der Waals surface area contributed by atoms with E-state index in [1.807, 2.05) is 30.5 Å². The van der Waals surface area contributed by atoms with Crippen LogP contribution in [0.5, 0.6) is 0 Å². The number of nitrogens with zero attached hydrogens (tertiary/aromatic N) is 1. The lowest BCUT2D eigenvalue weighted by molar-refractivity contribution is 0.00578. The molecule has 1 saturated heterocycles. The van der Waals surface area contributed by atoms with Gasteiger partial charge in [0.25, 0.3) is 5.56 Å². The van der Waals surface area contributed by atoms with Gasteiger partial charge in [-0.15, -0.1) is 0 Å². The van der Waals surface area contributed by atoms with Crippen molar-refractivity contribution in [3.05, 3.63) is 70.1 Å². The Hall–Kier alpha value is -2.19. The quantitative estimate of drug-likeness (QED) is 0.344. The van der Waals surface area contributed by atoms with Gasteiger partial charge in [-0.25, -0.2) is 0 Å². The summed E-state index contributed by atoms with van der Waals surface area (Å²) < 4.78 is 21.0. The van der Waals surface area contributed by atoms with Crippen LogP contribution in [-0.4, -0.2) is 37.9 Å². The number of hydrogen-bond acceptors (Lipinski definition) is 4. The van der Waals surface area contributed by atoms with Crippen molar-refractivity contribution in [1.82, 2.24) is 4.57 Å². The molecule has 1 aliphatic carbocycles. The van der Waals surface area contributed by atoms with E-state index in [0.717, 1.165) is 33.7 Å². The Morgan fingerprint density at radius 3 is 2.37 bits per heavy atom. The molecule has 3 aromatic rings. The zero-order valence-corrected chi connectivity index (χ0v) is 25.2. The normalized spacial score (nSPS) is 19.0. The molecule has 1 aliphatic heterocycles. The van der Waals surface area contributed by atoms with Crippen LogP contribution in [0.4, 0.5) is 0 Å². The second kappa shape index (κ2) is 9.77. The number of rotatable bonds is 7. The van der Waals surface area contributed by atoms with Crippen LogP contribution in [0.3, 0.4) is 0 Å². The van der Waals surface area contributed by atoms with Crippen LogP contribution in [0, 0.1) is 0 Å². The molecule has 2 aliphatic rings. The van der Waals surface area contributed by atoms with Crippen LogP contribution < -0.4 is 11.0 Å². The highest BCUT2D eigenvalue weighted by atomic mass is 28.3. The summed E-state index contributed by atoms with van der Waals surface area (Å²) in [4.78, 5) is 13.8. The molecule has 7 heteroatoms.